The summed E-state index contributed by atoms with van der Waals surface area (Å²) in [5.74, 6) is 0. The fourth-order valence-electron chi connectivity index (χ4n) is 1.98. The van der Waals surface area contributed by atoms with Crippen LogP contribution < -0.4 is 37.2 Å². The normalized spacial score (nSPS) is 12.1. The van der Waals surface area contributed by atoms with Crippen molar-refractivity contribution in [3.8, 4) is 0 Å². The van der Waals surface area contributed by atoms with E-state index in [9.17, 15) is 0 Å². The molecule has 0 N–H and O–H groups in total. The number of hydrogen-bond acceptors (Lipinski definition) is 0. The topological polar surface area (TPSA) is 0 Å². The average molecular weight is 301 g/mol. The van der Waals surface area contributed by atoms with Crippen molar-refractivity contribution in [2.45, 2.75) is 39.0 Å². The van der Waals surface area contributed by atoms with E-state index in [1.807, 2.05) is 0 Å². The summed E-state index contributed by atoms with van der Waals surface area (Å²) in [5, 5.41) is 0. The van der Waals surface area contributed by atoms with E-state index in [4.69, 9.17) is 0 Å². The van der Waals surface area contributed by atoms with E-state index in [2.05, 4.69) is 19.1 Å². The van der Waals surface area contributed by atoms with E-state index in [0.717, 1.165) is 0 Å². The standard InChI is InChI=1S/C11H15.3ClH.Ti/c1-2-9-7-10-5-3-4-6-11(10)8-9;;;;/h7-8H,2-6H2,1H3;3*1H;/q-1;;;;+4/p-3. The van der Waals surface area contributed by atoms with Crippen LogP contribution >= 0.6 is 0 Å². The molecule has 1 aliphatic rings. The maximum absolute atomic E-state index is 2.40. The van der Waals surface area contributed by atoms with Crippen molar-refractivity contribution in [3.05, 3.63) is 28.8 Å². The van der Waals surface area contributed by atoms with Gasteiger partial charge in [0.05, 0.1) is 0 Å². The first kappa shape index (κ1) is 21.2. The monoisotopic (exact) mass is 300 g/mol. The molecule has 1 aromatic carbocycles. The molecule has 2 rings (SSSR count). The third-order valence-corrected chi connectivity index (χ3v) is 2.68. The number of fused-ring (bicyclic) bond motifs is 1. The molecule has 0 fully saturated rings. The van der Waals surface area contributed by atoms with Gasteiger partial charge in [0.15, 0.2) is 0 Å². The molecule has 0 aromatic heterocycles. The molecule has 0 radical (unpaired) electrons. The van der Waals surface area contributed by atoms with Gasteiger partial charge in [-0.3, -0.25) is 0 Å². The van der Waals surface area contributed by atoms with Crippen LogP contribution in [-0.2, 0) is 41.0 Å². The van der Waals surface area contributed by atoms with Gasteiger partial charge in [-0.25, -0.2) is 6.07 Å². The van der Waals surface area contributed by atoms with Crippen LogP contribution in [0.1, 0.15) is 36.5 Å². The summed E-state index contributed by atoms with van der Waals surface area (Å²) in [5.41, 5.74) is 4.80. The number of hydrogen-bond donors (Lipinski definition) is 0. The van der Waals surface area contributed by atoms with Crippen LogP contribution in [0.5, 0.6) is 0 Å². The molecule has 0 aliphatic heterocycles. The molecule has 84 valence electrons. The molecule has 0 unspecified atom stereocenters. The van der Waals surface area contributed by atoms with Crippen molar-refractivity contribution in [2.24, 2.45) is 0 Å². The summed E-state index contributed by atoms with van der Waals surface area (Å²) >= 11 is 0. The van der Waals surface area contributed by atoms with Crippen LogP contribution in [0, 0.1) is 0 Å². The number of aryl methyl sites for hydroxylation is 3. The molecule has 0 saturated carbocycles. The van der Waals surface area contributed by atoms with Crippen molar-refractivity contribution < 1.29 is 58.9 Å². The minimum atomic E-state index is 0. The maximum atomic E-state index is 2.40. The van der Waals surface area contributed by atoms with E-state index in [1.54, 1.807) is 11.1 Å². The van der Waals surface area contributed by atoms with Gasteiger partial charge >= 0.3 is 21.7 Å². The van der Waals surface area contributed by atoms with Gasteiger partial charge in [0.1, 0.15) is 0 Å². The van der Waals surface area contributed by atoms with Crippen molar-refractivity contribution in [3.63, 3.8) is 0 Å². The van der Waals surface area contributed by atoms with Crippen LogP contribution in [-0.4, -0.2) is 0 Å². The first-order chi connectivity index (χ1) is 5.40. The van der Waals surface area contributed by atoms with Gasteiger partial charge in [0, 0.05) is 0 Å². The molecule has 0 atom stereocenters. The molecule has 4 heteroatoms. The predicted octanol–water partition coefficient (Wildman–Crippen LogP) is -6.14. The van der Waals surface area contributed by atoms with Crippen LogP contribution in [0.3, 0.4) is 0 Å². The van der Waals surface area contributed by atoms with E-state index >= 15 is 0 Å². The molecule has 15 heavy (non-hydrogen) atoms. The Kier molecular flexibility index (Phi) is 14.3. The molecular weight excluding hydrogens is 286 g/mol. The van der Waals surface area contributed by atoms with Gasteiger partial charge in [-0.1, -0.05) is 39.0 Å². The molecule has 0 heterocycles. The fourth-order valence-corrected chi connectivity index (χ4v) is 1.98. The quantitative estimate of drug-likeness (QED) is 0.358. The maximum Gasteiger partial charge on any atom is 4.00 e. The van der Waals surface area contributed by atoms with Crippen molar-refractivity contribution >= 4 is 0 Å². The van der Waals surface area contributed by atoms with Crippen molar-refractivity contribution in [1.29, 1.82) is 0 Å². The van der Waals surface area contributed by atoms with E-state index in [-0.39, 0.29) is 58.9 Å². The molecular formula is C11H15Cl3Ti. The van der Waals surface area contributed by atoms with Gasteiger partial charge < -0.3 is 37.2 Å². The van der Waals surface area contributed by atoms with Crippen LogP contribution in [0.4, 0.5) is 0 Å². The molecule has 1 aromatic rings. The van der Waals surface area contributed by atoms with Crippen molar-refractivity contribution in [2.75, 3.05) is 0 Å². The molecule has 0 nitrogen and oxygen atoms in total. The molecule has 0 saturated heterocycles. The van der Waals surface area contributed by atoms with Crippen LogP contribution in [0.15, 0.2) is 12.1 Å². The van der Waals surface area contributed by atoms with Gasteiger partial charge in [-0.05, 0) is 0 Å². The van der Waals surface area contributed by atoms with Crippen molar-refractivity contribution in [1.82, 2.24) is 0 Å². The van der Waals surface area contributed by atoms with E-state index in [1.165, 1.54) is 37.7 Å². The molecule has 1 aliphatic carbocycles. The smallest absolute Gasteiger partial charge is 1.00 e. The van der Waals surface area contributed by atoms with Crippen LogP contribution in [0.25, 0.3) is 0 Å². The Morgan fingerprint density at radius 1 is 1.13 bits per heavy atom. The zero-order valence-electron chi connectivity index (χ0n) is 8.82. The third kappa shape index (κ3) is 5.19. The Bertz CT molecular complexity index is 235. The zero-order chi connectivity index (χ0) is 7.68. The fraction of sp³-hybridized carbons (Fsp3) is 0.545. The summed E-state index contributed by atoms with van der Waals surface area (Å²) in [6.07, 6.45) is 6.66. The second-order valence-electron chi connectivity index (χ2n) is 3.47. The number of halogens is 3. The zero-order valence-corrected chi connectivity index (χ0v) is 12.7. The molecule has 0 amide bonds. The second-order valence-corrected chi connectivity index (χ2v) is 3.47. The second kappa shape index (κ2) is 10.1. The van der Waals surface area contributed by atoms with Crippen LogP contribution in [0.2, 0.25) is 0 Å². The van der Waals surface area contributed by atoms with E-state index in [0.29, 0.717) is 0 Å². The summed E-state index contributed by atoms with van der Waals surface area (Å²) in [6, 6.07) is 4.79. The van der Waals surface area contributed by atoms with E-state index < -0.39 is 0 Å². The Labute approximate surface area is 126 Å². The summed E-state index contributed by atoms with van der Waals surface area (Å²) in [4.78, 5) is 0. The Morgan fingerprint density at radius 3 is 2.27 bits per heavy atom. The molecule has 0 bridgehead atoms. The largest absolute Gasteiger partial charge is 4.00 e. The van der Waals surface area contributed by atoms with Gasteiger partial charge in [0.25, 0.3) is 0 Å². The third-order valence-electron chi connectivity index (χ3n) is 2.68. The van der Waals surface area contributed by atoms with Gasteiger partial charge in [-0.15, -0.1) is 0 Å². The first-order valence-corrected chi connectivity index (χ1v) is 4.67. The van der Waals surface area contributed by atoms with Gasteiger partial charge in [-0.2, -0.15) is 22.8 Å². The Morgan fingerprint density at radius 2 is 1.73 bits per heavy atom. The summed E-state index contributed by atoms with van der Waals surface area (Å²) in [6.45, 7) is 2.24. The summed E-state index contributed by atoms with van der Waals surface area (Å²) in [7, 11) is 0. The SMILES string of the molecule is CCc1cc2c([cH-]1)CCCC2.[Cl-].[Cl-].[Cl-].[Ti+4]. The first-order valence-electron chi connectivity index (χ1n) is 4.67. The Balaban J connectivity index is -0.000000360. The summed E-state index contributed by atoms with van der Waals surface area (Å²) < 4.78 is 0. The minimum Gasteiger partial charge on any atom is -1.00 e. The molecule has 0 spiro atoms. The van der Waals surface area contributed by atoms with Gasteiger partial charge in [0.2, 0.25) is 0 Å². The Hall–Kier alpha value is 0.934. The minimum absolute atomic E-state index is 0. The average Bonchev–Trinajstić information content (AvgIpc) is 2.46. The predicted molar refractivity (Wildman–Crippen MR) is 48.1 cm³/mol. The number of rotatable bonds is 1.